The van der Waals surface area contributed by atoms with E-state index in [1.807, 2.05) is 6.20 Å². The highest BCUT2D eigenvalue weighted by Gasteiger charge is 2.47. The van der Waals surface area contributed by atoms with Gasteiger partial charge in [0, 0.05) is 49.7 Å². The fourth-order valence-electron chi connectivity index (χ4n) is 3.24. The van der Waals surface area contributed by atoms with Crippen molar-refractivity contribution in [2.45, 2.75) is 12.0 Å². The van der Waals surface area contributed by atoms with Crippen molar-refractivity contribution in [3.05, 3.63) is 30.4 Å². The molecule has 0 spiro atoms. The number of hydrogen-bond donors (Lipinski definition) is 1. The summed E-state index contributed by atoms with van der Waals surface area (Å²) >= 11 is 0. The number of carbonyl (C=O) groups excluding carboxylic acids is 1. The van der Waals surface area contributed by atoms with E-state index in [4.69, 9.17) is 10.5 Å². The minimum absolute atomic E-state index is 0.0836. The van der Waals surface area contributed by atoms with Gasteiger partial charge in [0.1, 0.15) is 5.69 Å². The maximum Gasteiger partial charge on any atom is 0.274 e. The zero-order valence-corrected chi connectivity index (χ0v) is 11.6. The van der Waals surface area contributed by atoms with Crippen LogP contribution in [0.3, 0.4) is 0 Å². The lowest BCUT2D eigenvalue weighted by molar-refractivity contribution is 0.0241. The van der Waals surface area contributed by atoms with Gasteiger partial charge in [0.25, 0.3) is 5.91 Å². The quantitative estimate of drug-likeness (QED) is 0.793. The Balaban J connectivity index is 1.60. The van der Waals surface area contributed by atoms with E-state index < -0.39 is 0 Å². The number of rotatable bonds is 1. The number of aromatic nitrogens is 3. The number of amides is 1. The van der Waals surface area contributed by atoms with Crippen LogP contribution < -0.4 is 5.73 Å². The summed E-state index contributed by atoms with van der Waals surface area (Å²) in [6, 6.07) is 1.81. The third kappa shape index (κ3) is 2.00. The van der Waals surface area contributed by atoms with Gasteiger partial charge < -0.3 is 15.4 Å². The maximum absolute atomic E-state index is 12.6. The molecule has 0 aliphatic carbocycles. The zero-order chi connectivity index (χ0) is 14.4. The molecule has 7 heteroatoms. The summed E-state index contributed by atoms with van der Waals surface area (Å²) in [5, 5.41) is 0. The van der Waals surface area contributed by atoms with Crippen LogP contribution >= 0.6 is 0 Å². The summed E-state index contributed by atoms with van der Waals surface area (Å²) in [4.78, 5) is 22.8. The smallest absolute Gasteiger partial charge is 0.274 e. The molecule has 0 bridgehead atoms. The van der Waals surface area contributed by atoms with Gasteiger partial charge in [-0.05, 0) is 12.5 Å². The van der Waals surface area contributed by atoms with Crippen LogP contribution in [0, 0.1) is 5.92 Å². The van der Waals surface area contributed by atoms with Crippen LogP contribution in [0.4, 0.5) is 0 Å². The molecular weight excluding hydrogens is 270 g/mol. The molecule has 110 valence electrons. The highest BCUT2D eigenvalue weighted by Crippen LogP contribution is 2.32. The Morgan fingerprint density at radius 2 is 2.43 bits per heavy atom. The van der Waals surface area contributed by atoms with Crippen molar-refractivity contribution in [3.8, 4) is 0 Å². The lowest BCUT2D eigenvalue weighted by Gasteiger charge is -2.34. The summed E-state index contributed by atoms with van der Waals surface area (Å²) < 4.78 is 7.23. The van der Waals surface area contributed by atoms with Crippen LogP contribution in [0.25, 0.3) is 5.78 Å². The van der Waals surface area contributed by atoms with Crippen LogP contribution in [0.2, 0.25) is 0 Å². The first kappa shape index (κ1) is 12.7. The van der Waals surface area contributed by atoms with Crippen molar-refractivity contribution < 1.29 is 9.53 Å². The Hall–Kier alpha value is -1.99. The van der Waals surface area contributed by atoms with E-state index in [-0.39, 0.29) is 17.4 Å². The molecule has 4 heterocycles. The summed E-state index contributed by atoms with van der Waals surface area (Å²) in [6.45, 7) is 2.51. The van der Waals surface area contributed by atoms with Crippen LogP contribution in [0.1, 0.15) is 16.9 Å². The predicted octanol–water partition coefficient (Wildman–Crippen LogP) is -0.0809. The Morgan fingerprint density at radius 3 is 3.24 bits per heavy atom. The zero-order valence-electron chi connectivity index (χ0n) is 11.6. The first-order chi connectivity index (χ1) is 10.2. The number of imidazole rings is 1. The van der Waals surface area contributed by atoms with Crippen molar-refractivity contribution in [1.29, 1.82) is 0 Å². The van der Waals surface area contributed by atoms with E-state index in [1.165, 1.54) is 0 Å². The molecule has 21 heavy (non-hydrogen) atoms. The first-order valence-corrected chi connectivity index (χ1v) is 7.11. The molecule has 4 rings (SSSR count). The van der Waals surface area contributed by atoms with Crippen molar-refractivity contribution in [1.82, 2.24) is 19.3 Å². The van der Waals surface area contributed by atoms with Crippen LogP contribution in [-0.4, -0.2) is 57.0 Å². The van der Waals surface area contributed by atoms with Crippen LogP contribution in [0.15, 0.2) is 24.7 Å². The molecule has 1 amide bonds. The molecule has 2 fully saturated rings. The fraction of sp³-hybridized carbons (Fsp3) is 0.500. The average Bonchev–Trinajstić information content (AvgIpc) is 3.06. The lowest BCUT2D eigenvalue weighted by Crippen LogP contribution is -2.52. The molecule has 7 nitrogen and oxygen atoms in total. The van der Waals surface area contributed by atoms with Gasteiger partial charge >= 0.3 is 0 Å². The molecule has 0 saturated carbocycles. The Bertz CT molecular complexity index is 666. The molecule has 2 N–H and O–H groups in total. The van der Waals surface area contributed by atoms with Gasteiger partial charge in [0.05, 0.1) is 6.61 Å². The third-order valence-corrected chi connectivity index (χ3v) is 4.51. The number of fused-ring (bicyclic) bond motifs is 2. The largest absolute Gasteiger partial charge is 0.381 e. The van der Waals surface area contributed by atoms with Crippen LogP contribution in [-0.2, 0) is 4.74 Å². The highest BCUT2D eigenvalue weighted by molar-refractivity contribution is 5.93. The van der Waals surface area contributed by atoms with E-state index in [9.17, 15) is 4.79 Å². The second kappa shape index (κ2) is 4.51. The molecule has 0 radical (unpaired) electrons. The van der Waals surface area contributed by atoms with Gasteiger partial charge in [-0.15, -0.1) is 0 Å². The second-order valence-corrected chi connectivity index (χ2v) is 5.89. The van der Waals surface area contributed by atoms with Crippen molar-refractivity contribution >= 4 is 11.7 Å². The molecule has 2 aromatic rings. The predicted molar refractivity (Wildman–Crippen MR) is 74.7 cm³/mol. The first-order valence-electron chi connectivity index (χ1n) is 7.11. The van der Waals surface area contributed by atoms with E-state index in [1.54, 1.807) is 27.8 Å². The topological polar surface area (TPSA) is 85.8 Å². The molecule has 2 aliphatic rings. The van der Waals surface area contributed by atoms with E-state index >= 15 is 0 Å². The highest BCUT2D eigenvalue weighted by atomic mass is 16.5. The standard InChI is InChI=1S/C14H17N5O2/c15-14-2-5-21-8-10(14)6-19(9-14)12(20)11-7-18-4-1-3-16-13(18)17-11/h1,3-4,7,10H,2,5-6,8-9,15H2/t10-,14+/m0/s1. The molecule has 0 aromatic carbocycles. The average molecular weight is 287 g/mol. The molecule has 2 saturated heterocycles. The molecule has 2 aliphatic heterocycles. The van der Waals surface area contributed by atoms with Crippen LogP contribution in [0.5, 0.6) is 0 Å². The Morgan fingerprint density at radius 1 is 1.52 bits per heavy atom. The lowest BCUT2D eigenvalue weighted by atomic mass is 9.84. The van der Waals surface area contributed by atoms with Crippen molar-refractivity contribution in [2.24, 2.45) is 11.7 Å². The SMILES string of the molecule is N[C@@]12CCOC[C@@H]1CN(C(=O)c1cn3cccnc3n1)C2. The van der Waals surface area contributed by atoms with E-state index in [2.05, 4.69) is 9.97 Å². The number of carbonyl (C=O) groups is 1. The number of ether oxygens (including phenoxy) is 1. The molecule has 2 atom stereocenters. The van der Waals surface area contributed by atoms with Gasteiger partial charge in [-0.1, -0.05) is 0 Å². The molecular formula is C14H17N5O2. The van der Waals surface area contributed by atoms with Crippen molar-refractivity contribution in [2.75, 3.05) is 26.3 Å². The van der Waals surface area contributed by atoms with Gasteiger partial charge in [-0.3, -0.25) is 9.20 Å². The number of nitrogens with two attached hydrogens (primary N) is 1. The Labute approximate surface area is 121 Å². The number of hydrogen-bond acceptors (Lipinski definition) is 5. The summed E-state index contributed by atoms with van der Waals surface area (Å²) in [5.41, 5.74) is 6.53. The number of likely N-dealkylation sites (tertiary alicyclic amines) is 1. The van der Waals surface area contributed by atoms with Gasteiger partial charge in [-0.25, -0.2) is 9.97 Å². The van der Waals surface area contributed by atoms with Crippen molar-refractivity contribution in [3.63, 3.8) is 0 Å². The minimum atomic E-state index is -0.314. The summed E-state index contributed by atoms with van der Waals surface area (Å²) in [7, 11) is 0. The van der Waals surface area contributed by atoms with Gasteiger partial charge in [-0.2, -0.15) is 0 Å². The Kier molecular flexibility index (Phi) is 2.73. The van der Waals surface area contributed by atoms with E-state index in [0.29, 0.717) is 37.8 Å². The second-order valence-electron chi connectivity index (χ2n) is 5.89. The molecule has 0 unspecified atom stereocenters. The van der Waals surface area contributed by atoms with E-state index in [0.717, 1.165) is 6.42 Å². The maximum atomic E-state index is 12.6. The molecule has 2 aromatic heterocycles. The summed E-state index contributed by atoms with van der Waals surface area (Å²) in [6.07, 6.45) is 6.00. The van der Waals surface area contributed by atoms with Gasteiger partial charge in [0.15, 0.2) is 0 Å². The third-order valence-electron chi connectivity index (χ3n) is 4.51. The fourth-order valence-corrected chi connectivity index (χ4v) is 3.24. The minimum Gasteiger partial charge on any atom is -0.381 e. The number of nitrogens with zero attached hydrogens (tertiary/aromatic N) is 4. The summed E-state index contributed by atoms with van der Waals surface area (Å²) in [5.74, 6) is 0.660. The normalized spacial score (nSPS) is 28.8. The monoisotopic (exact) mass is 287 g/mol. The van der Waals surface area contributed by atoms with Gasteiger partial charge in [0.2, 0.25) is 5.78 Å².